The average Bonchev–Trinajstić information content (AvgIpc) is 2.88. The number of nitrogens with one attached hydrogen (secondary N) is 2. The number of hydrogen-bond donors (Lipinski definition) is 2. The van der Waals surface area contributed by atoms with Gasteiger partial charge in [0.1, 0.15) is 12.1 Å². The van der Waals surface area contributed by atoms with Gasteiger partial charge in [-0.05, 0) is 30.9 Å². The number of nitrogens with zero attached hydrogens (tertiary/aromatic N) is 3. The number of imide groups is 1. The number of rotatable bonds is 6. The van der Waals surface area contributed by atoms with Crippen LogP contribution in [-0.4, -0.2) is 64.3 Å². The fourth-order valence-electron chi connectivity index (χ4n) is 3.80. The number of carbonyl (C=O) groups is 3. The number of piperidine rings is 1. The zero-order valence-corrected chi connectivity index (χ0v) is 16.5. The lowest BCUT2D eigenvalue weighted by atomic mass is 9.87. The molecule has 0 bridgehead atoms. The van der Waals surface area contributed by atoms with Crippen molar-refractivity contribution in [2.75, 3.05) is 31.5 Å². The minimum atomic E-state index is -0.932. The van der Waals surface area contributed by atoms with E-state index in [0.29, 0.717) is 37.5 Å². The number of urea groups is 1. The number of nitro groups is 1. The summed E-state index contributed by atoms with van der Waals surface area (Å²) in [6.07, 6.45) is 1.04. The van der Waals surface area contributed by atoms with Gasteiger partial charge in [-0.3, -0.25) is 24.6 Å². The lowest BCUT2D eigenvalue weighted by Gasteiger charge is -2.37. The van der Waals surface area contributed by atoms with Gasteiger partial charge in [0, 0.05) is 37.5 Å². The highest BCUT2D eigenvalue weighted by molar-refractivity contribution is 6.10. The molecule has 10 heteroatoms. The van der Waals surface area contributed by atoms with Crippen LogP contribution in [0.3, 0.4) is 0 Å². The van der Waals surface area contributed by atoms with Crippen molar-refractivity contribution < 1.29 is 19.3 Å². The second-order valence-electron chi connectivity index (χ2n) is 7.95. The zero-order valence-electron chi connectivity index (χ0n) is 16.5. The third-order valence-electron chi connectivity index (χ3n) is 5.24. The van der Waals surface area contributed by atoms with E-state index in [1.54, 1.807) is 0 Å². The number of non-ortho nitro benzene ring substituents is 1. The summed E-state index contributed by atoms with van der Waals surface area (Å²) < 4.78 is 0. The predicted molar refractivity (Wildman–Crippen MR) is 105 cm³/mol. The normalized spacial score (nSPS) is 18.9. The van der Waals surface area contributed by atoms with Gasteiger partial charge in [-0.2, -0.15) is 0 Å². The maximum absolute atomic E-state index is 12.9. The van der Waals surface area contributed by atoms with E-state index in [1.807, 2.05) is 0 Å². The van der Waals surface area contributed by atoms with Crippen molar-refractivity contribution in [3.05, 3.63) is 34.4 Å². The molecule has 0 atom stereocenters. The van der Waals surface area contributed by atoms with Gasteiger partial charge in [-0.1, -0.05) is 13.8 Å². The second kappa shape index (κ2) is 8.16. The zero-order chi connectivity index (χ0) is 21.2. The Balaban J connectivity index is 1.58. The van der Waals surface area contributed by atoms with Crippen molar-refractivity contribution in [3.8, 4) is 0 Å². The van der Waals surface area contributed by atoms with E-state index in [9.17, 15) is 24.5 Å². The summed E-state index contributed by atoms with van der Waals surface area (Å²) in [4.78, 5) is 50.9. The molecular weight excluding hydrogens is 378 g/mol. The van der Waals surface area contributed by atoms with Crippen LogP contribution in [0.1, 0.15) is 26.7 Å². The van der Waals surface area contributed by atoms with Crippen molar-refractivity contribution in [1.29, 1.82) is 0 Å². The van der Waals surface area contributed by atoms with Gasteiger partial charge in [0.2, 0.25) is 5.91 Å². The lowest BCUT2D eigenvalue weighted by molar-refractivity contribution is -0.384. The van der Waals surface area contributed by atoms with Crippen LogP contribution in [0.4, 0.5) is 16.2 Å². The Morgan fingerprint density at radius 3 is 2.41 bits per heavy atom. The third-order valence-corrected chi connectivity index (χ3v) is 5.24. The van der Waals surface area contributed by atoms with Crippen molar-refractivity contribution in [1.82, 2.24) is 15.1 Å². The van der Waals surface area contributed by atoms with Gasteiger partial charge < -0.3 is 15.5 Å². The maximum atomic E-state index is 12.9. The molecule has 10 nitrogen and oxygen atoms in total. The minimum Gasteiger partial charge on any atom is -0.325 e. The number of hydrogen-bond acceptors (Lipinski definition) is 6. The molecule has 2 aliphatic rings. The van der Waals surface area contributed by atoms with Crippen molar-refractivity contribution in [2.24, 2.45) is 5.92 Å². The smallest absolute Gasteiger partial charge is 0.325 e. The number of anilines is 1. The topological polar surface area (TPSA) is 125 Å². The highest BCUT2D eigenvalue weighted by atomic mass is 16.6. The molecule has 0 radical (unpaired) electrons. The molecule has 29 heavy (non-hydrogen) atoms. The van der Waals surface area contributed by atoms with Crippen LogP contribution in [0.2, 0.25) is 0 Å². The number of likely N-dealkylation sites (tertiary alicyclic amines) is 1. The molecule has 0 aliphatic carbocycles. The van der Waals surface area contributed by atoms with Crippen LogP contribution in [0.25, 0.3) is 0 Å². The fraction of sp³-hybridized carbons (Fsp3) is 0.526. The van der Waals surface area contributed by atoms with Crippen LogP contribution in [0, 0.1) is 16.0 Å². The van der Waals surface area contributed by atoms with E-state index in [2.05, 4.69) is 29.4 Å². The van der Waals surface area contributed by atoms with Crippen molar-refractivity contribution in [2.45, 2.75) is 32.2 Å². The largest absolute Gasteiger partial charge is 0.325 e. The summed E-state index contributed by atoms with van der Waals surface area (Å²) in [5, 5.41) is 16.0. The number of carbonyl (C=O) groups excluding carboxylic acids is 3. The van der Waals surface area contributed by atoms with E-state index in [1.165, 1.54) is 24.3 Å². The Kier molecular flexibility index (Phi) is 5.83. The summed E-state index contributed by atoms with van der Waals surface area (Å²) in [6.45, 7) is 6.25. The molecule has 1 aromatic rings. The van der Waals surface area contributed by atoms with Crippen LogP contribution in [0.5, 0.6) is 0 Å². The summed E-state index contributed by atoms with van der Waals surface area (Å²) in [7, 11) is 0. The summed E-state index contributed by atoms with van der Waals surface area (Å²) >= 11 is 0. The Hall–Kier alpha value is -3.01. The Morgan fingerprint density at radius 1 is 1.24 bits per heavy atom. The molecule has 2 saturated heterocycles. The molecule has 0 saturated carbocycles. The molecule has 2 aliphatic heterocycles. The van der Waals surface area contributed by atoms with Gasteiger partial charge in [0.25, 0.3) is 11.6 Å². The number of amides is 4. The average molecular weight is 403 g/mol. The summed E-state index contributed by atoms with van der Waals surface area (Å²) in [6, 6.07) is 4.76. The lowest BCUT2D eigenvalue weighted by Crippen LogP contribution is -2.55. The number of benzene rings is 1. The van der Waals surface area contributed by atoms with Gasteiger partial charge in [-0.15, -0.1) is 0 Å². The molecule has 0 aromatic heterocycles. The quantitative estimate of drug-likeness (QED) is 0.422. The molecule has 2 fully saturated rings. The molecule has 1 spiro atoms. The molecule has 1 aromatic carbocycles. The van der Waals surface area contributed by atoms with Gasteiger partial charge >= 0.3 is 6.03 Å². The Morgan fingerprint density at radius 2 is 1.86 bits per heavy atom. The SMILES string of the molecule is CC(C)CN1CCC2(CC1)NC(=O)N(CC(=O)Nc1ccc([N+](=O)[O-])cc1)C2=O. The monoisotopic (exact) mass is 403 g/mol. The first-order valence-corrected chi connectivity index (χ1v) is 9.61. The summed E-state index contributed by atoms with van der Waals surface area (Å²) in [5.74, 6) is -0.389. The molecule has 0 unspecified atom stereocenters. The van der Waals surface area contributed by atoms with E-state index in [0.717, 1.165) is 11.4 Å². The van der Waals surface area contributed by atoms with Crippen LogP contribution >= 0.6 is 0 Å². The standard InChI is InChI=1S/C19H25N5O5/c1-13(2)11-22-9-7-19(8-10-22)17(26)23(18(27)21-19)12-16(25)20-14-3-5-15(6-4-14)24(28)29/h3-6,13H,7-12H2,1-2H3,(H,20,25)(H,21,27). The predicted octanol–water partition coefficient (Wildman–Crippen LogP) is 1.58. The molecule has 156 valence electrons. The van der Waals surface area contributed by atoms with E-state index < -0.39 is 28.9 Å². The van der Waals surface area contributed by atoms with E-state index >= 15 is 0 Å². The Labute approximate surface area is 168 Å². The molecular formula is C19H25N5O5. The van der Waals surface area contributed by atoms with E-state index in [4.69, 9.17) is 0 Å². The van der Waals surface area contributed by atoms with E-state index in [-0.39, 0.29) is 11.6 Å². The Bertz CT molecular complexity index is 815. The van der Waals surface area contributed by atoms with Crippen molar-refractivity contribution >= 4 is 29.2 Å². The van der Waals surface area contributed by atoms with Crippen molar-refractivity contribution in [3.63, 3.8) is 0 Å². The first-order chi connectivity index (χ1) is 13.7. The molecule has 4 amide bonds. The van der Waals surface area contributed by atoms with Crippen LogP contribution in [-0.2, 0) is 9.59 Å². The third kappa shape index (κ3) is 4.53. The fourth-order valence-corrected chi connectivity index (χ4v) is 3.80. The highest BCUT2D eigenvalue weighted by Gasteiger charge is 2.52. The second-order valence-corrected chi connectivity index (χ2v) is 7.95. The molecule has 3 rings (SSSR count). The highest BCUT2D eigenvalue weighted by Crippen LogP contribution is 2.29. The first-order valence-electron chi connectivity index (χ1n) is 9.61. The van der Waals surface area contributed by atoms with Gasteiger partial charge in [0.05, 0.1) is 4.92 Å². The minimum absolute atomic E-state index is 0.0946. The van der Waals surface area contributed by atoms with Gasteiger partial charge in [-0.25, -0.2) is 4.79 Å². The van der Waals surface area contributed by atoms with Crippen LogP contribution < -0.4 is 10.6 Å². The molecule has 2 heterocycles. The first kappa shape index (κ1) is 20.7. The molecule has 2 N–H and O–H groups in total. The van der Waals surface area contributed by atoms with Crippen LogP contribution in [0.15, 0.2) is 24.3 Å². The number of nitro benzene ring substituents is 1. The maximum Gasteiger partial charge on any atom is 0.325 e. The van der Waals surface area contributed by atoms with Gasteiger partial charge in [0.15, 0.2) is 0 Å². The summed E-state index contributed by atoms with van der Waals surface area (Å²) in [5.41, 5.74) is -0.676.